The number of benzene rings is 1. The van der Waals surface area contributed by atoms with Gasteiger partial charge in [0.25, 0.3) is 5.91 Å². The molecule has 0 bridgehead atoms. The lowest BCUT2D eigenvalue weighted by Crippen LogP contribution is -2.44. The minimum absolute atomic E-state index is 0. The van der Waals surface area contributed by atoms with Crippen LogP contribution < -0.4 is 16.4 Å². The van der Waals surface area contributed by atoms with Crippen molar-refractivity contribution >= 4 is 53.7 Å². The van der Waals surface area contributed by atoms with Crippen LogP contribution in [0.4, 0.5) is 11.8 Å². The van der Waals surface area contributed by atoms with Gasteiger partial charge in [-0.1, -0.05) is 43.2 Å². The highest BCUT2D eigenvalue weighted by molar-refractivity contribution is 5.86. The first kappa shape index (κ1) is 31.3. The Bertz CT molecular complexity index is 1270. The number of aliphatic hydroxyl groups is 1. The molecule has 0 spiro atoms. The second-order valence-electron chi connectivity index (χ2n) is 11.5. The van der Waals surface area contributed by atoms with Crippen molar-refractivity contribution in [3.63, 3.8) is 0 Å². The summed E-state index contributed by atoms with van der Waals surface area (Å²) in [6, 6.07) is 10.3. The average molecular weight is 606 g/mol. The highest BCUT2D eigenvalue weighted by Crippen LogP contribution is 2.34. The van der Waals surface area contributed by atoms with E-state index in [1.54, 1.807) is 17.0 Å². The predicted octanol–water partition coefficient (Wildman–Crippen LogP) is 4.60. The Morgan fingerprint density at radius 2 is 1.56 bits per heavy atom. The van der Waals surface area contributed by atoms with Gasteiger partial charge in [-0.05, 0) is 56.9 Å². The molecule has 1 saturated heterocycles. The normalized spacial score (nSPS) is 22.5. The van der Waals surface area contributed by atoms with Crippen molar-refractivity contribution in [1.29, 1.82) is 0 Å². The fraction of sp³-hybridized carbons (Fsp3) is 0.586. The zero-order valence-electron chi connectivity index (χ0n) is 23.3. The van der Waals surface area contributed by atoms with Crippen LogP contribution in [0.25, 0.3) is 11.2 Å². The van der Waals surface area contributed by atoms with Crippen molar-refractivity contribution < 1.29 is 9.90 Å². The molecule has 2 aromatic heterocycles. The lowest BCUT2D eigenvalue weighted by Gasteiger charge is -2.34. The number of rotatable bonds is 7. The maximum absolute atomic E-state index is 12.9. The van der Waals surface area contributed by atoms with Crippen molar-refractivity contribution in [2.24, 2.45) is 5.73 Å². The molecule has 12 heteroatoms. The molecule has 41 heavy (non-hydrogen) atoms. The summed E-state index contributed by atoms with van der Waals surface area (Å²) >= 11 is 0. The van der Waals surface area contributed by atoms with Crippen molar-refractivity contribution in [3.8, 4) is 0 Å². The van der Waals surface area contributed by atoms with Gasteiger partial charge in [0.05, 0.1) is 6.33 Å². The lowest BCUT2D eigenvalue weighted by atomic mass is 9.92. The van der Waals surface area contributed by atoms with Crippen LogP contribution in [0, 0.1) is 0 Å². The molecule has 1 unspecified atom stereocenters. The minimum atomic E-state index is -1.13. The quantitative estimate of drug-likeness (QED) is 0.307. The highest BCUT2D eigenvalue weighted by atomic mass is 35.5. The Labute approximate surface area is 253 Å². The predicted molar refractivity (Wildman–Crippen MR) is 166 cm³/mol. The molecule has 1 aliphatic heterocycles. The first-order valence-corrected chi connectivity index (χ1v) is 14.6. The summed E-state index contributed by atoms with van der Waals surface area (Å²) in [5.41, 5.74) is 8.44. The van der Waals surface area contributed by atoms with Crippen LogP contribution in [0.15, 0.2) is 36.7 Å². The molecule has 5 N–H and O–H groups in total. The standard InChI is InChI=1S/C29H40N8O2.2ClH/c30-20-10-12-21(13-11-20)33-29-34-26(24-27(35-29)37(18-31-24)23-8-4-5-9-23)32-22-14-16-36(17-15-22)28(39)25(38)19-6-2-1-3-7-19;;/h1-3,6-7,18,20-23,25,38H,4-5,8-17,30H2,(H2,32,33,34,35);2*1H. The van der Waals surface area contributed by atoms with Gasteiger partial charge in [-0.2, -0.15) is 9.97 Å². The van der Waals surface area contributed by atoms with Crippen molar-refractivity contribution in [1.82, 2.24) is 24.4 Å². The van der Waals surface area contributed by atoms with Gasteiger partial charge in [0.15, 0.2) is 23.1 Å². The summed E-state index contributed by atoms with van der Waals surface area (Å²) in [4.78, 5) is 29.3. The van der Waals surface area contributed by atoms with E-state index < -0.39 is 6.10 Å². The number of aromatic nitrogens is 4. The molecule has 1 atom stereocenters. The Morgan fingerprint density at radius 3 is 2.24 bits per heavy atom. The Hall–Kier alpha value is -2.66. The number of anilines is 2. The van der Waals surface area contributed by atoms with E-state index >= 15 is 0 Å². The zero-order valence-corrected chi connectivity index (χ0v) is 25.0. The fourth-order valence-electron chi connectivity index (χ4n) is 6.37. The summed E-state index contributed by atoms with van der Waals surface area (Å²) in [7, 11) is 0. The van der Waals surface area contributed by atoms with Gasteiger partial charge in [-0.15, -0.1) is 24.8 Å². The minimum Gasteiger partial charge on any atom is -0.378 e. The summed E-state index contributed by atoms with van der Waals surface area (Å²) in [6.07, 6.45) is 11.2. The molecular formula is C29H42Cl2N8O2. The van der Waals surface area contributed by atoms with E-state index in [0.717, 1.165) is 68.3 Å². The van der Waals surface area contributed by atoms with Gasteiger partial charge in [-0.3, -0.25) is 4.79 Å². The number of halogens is 2. The molecular weight excluding hydrogens is 563 g/mol. The number of nitrogens with two attached hydrogens (primary N) is 1. The van der Waals surface area contributed by atoms with E-state index in [4.69, 9.17) is 20.7 Å². The lowest BCUT2D eigenvalue weighted by molar-refractivity contribution is -0.141. The number of amides is 1. The van der Waals surface area contributed by atoms with Gasteiger partial charge < -0.3 is 30.9 Å². The smallest absolute Gasteiger partial charge is 0.256 e. The molecule has 224 valence electrons. The number of aliphatic hydroxyl groups excluding tert-OH is 1. The summed E-state index contributed by atoms with van der Waals surface area (Å²) < 4.78 is 2.24. The summed E-state index contributed by atoms with van der Waals surface area (Å²) in [5.74, 6) is 1.16. The number of hydrogen-bond acceptors (Lipinski definition) is 8. The number of hydrogen-bond donors (Lipinski definition) is 4. The second kappa shape index (κ2) is 14.0. The molecule has 3 fully saturated rings. The molecule has 2 saturated carbocycles. The van der Waals surface area contributed by atoms with Gasteiger partial charge in [0.1, 0.15) is 0 Å². The van der Waals surface area contributed by atoms with E-state index in [2.05, 4.69) is 15.2 Å². The van der Waals surface area contributed by atoms with Crippen LogP contribution in [0.2, 0.25) is 0 Å². The Balaban J connectivity index is 0.00000194. The molecule has 3 aliphatic rings. The van der Waals surface area contributed by atoms with Crippen LogP contribution in [-0.2, 0) is 4.79 Å². The number of carbonyl (C=O) groups excluding carboxylic acids is 1. The average Bonchev–Trinajstić information content (AvgIpc) is 3.65. The first-order chi connectivity index (χ1) is 19.0. The second-order valence-corrected chi connectivity index (χ2v) is 11.5. The third-order valence-corrected chi connectivity index (χ3v) is 8.74. The number of imidazole rings is 1. The number of likely N-dealkylation sites (tertiary alicyclic amines) is 1. The highest BCUT2D eigenvalue weighted by Gasteiger charge is 2.29. The molecule has 1 amide bonds. The molecule has 10 nitrogen and oxygen atoms in total. The Morgan fingerprint density at radius 1 is 0.902 bits per heavy atom. The van der Waals surface area contributed by atoms with Gasteiger partial charge in [0, 0.05) is 37.3 Å². The monoisotopic (exact) mass is 604 g/mol. The maximum Gasteiger partial charge on any atom is 0.256 e. The van der Waals surface area contributed by atoms with Crippen LogP contribution >= 0.6 is 24.8 Å². The van der Waals surface area contributed by atoms with Crippen molar-refractivity contribution in [2.75, 3.05) is 23.7 Å². The zero-order chi connectivity index (χ0) is 26.8. The van der Waals surface area contributed by atoms with Gasteiger partial charge in [-0.25, -0.2) is 4.98 Å². The number of piperidine rings is 1. The number of nitrogens with one attached hydrogen (secondary N) is 2. The van der Waals surface area contributed by atoms with E-state index in [1.165, 1.54) is 12.8 Å². The third kappa shape index (κ3) is 7.05. The van der Waals surface area contributed by atoms with E-state index in [0.29, 0.717) is 42.7 Å². The van der Waals surface area contributed by atoms with E-state index in [9.17, 15) is 9.90 Å². The number of carbonyl (C=O) groups is 1. The molecule has 2 aliphatic carbocycles. The van der Waals surface area contributed by atoms with Crippen molar-refractivity contribution in [2.45, 2.75) is 94.5 Å². The molecule has 0 radical (unpaired) electrons. The summed E-state index contributed by atoms with van der Waals surface area (Å²) in [5, 5.41) is 17.8. The van der Waals surface area contributed by atoms with Gasteiger partial charge >= 0.3 is 0 Å². The number of fused-ring (bicyclic) bond motifs is 1. The SMILES string of the molecule is Cl.Cl.NC1CCC(Nc2nc(NC3CCN(C(=O)C(O)c4ccccc4)CC3)c3ncn(C4CCCC4)c3n2)CC1. The summed E-state index contributed by atoms with van der Waals surface area (Å²) in [6.45, 7) is 1.16. The maximum atomic E-state index is 12.9. The van der Waals surface area contributed by atoms with Crippen LogP contribution in [0.1, 0.15) is 81.9 Å². The van der Waals surface area contributed by atoms with Gasteiger partial charge in [0.2, 0.25) is 5.95 Å². The molecule has 6 rings (SSSR count). The molecule has 3 aromatic rings. The van der Waals surface area contributed by atoms with Crippen molar-refractivity contribution in [3.05, 3.63) is 42.2 Å². The fourth-order valence-corrected chi connectivity index (χ4v) is 6.37. The van der Waals surface area contributed by atoms with E-state index in [-0.39, 0.29) is 36.8 Å². The molecule has 1 aromatic carbocycles. The first-order valence-electron chi connectivity index (χ1n) is 14.6. The van der Waals surface area contributed by atoms with E-state index in [1.807, 2.05) is 24.5 Å². The molecule has 3 heterocycles. The topological polar surface area (TPSA) is 134 Å². The number of nitrogens with zero attached hydrogens (tertiary/aromatic N) is 5. The largest absolute Gasteiger partial charge is 0.378 e. The van der Waals surface area contributed by atoms with Crippen LogP contribution in [0.3, 0.4) is 0 Å². The Kier molecular flexibility index (Phi) is 10.7. The third-order valence-electron chi connectivity index (χ3n) is 8.74. The van der Waals surface area contributed by atoms with Crippen LogP contribution in [-0.4, -0.2) is 66.6 Å². The van der Waals surface area contributed by atoms with Crippen LogP contribution in [0.5, 0.6) is 0 Å².